The van der Waals surface area contributed by atoms with Crippen LogP contribution in [0.15, 0.2) is 23.3 Å². The van der Waals surface area contributed by atoms with Crippen molar-refractivity contribution in [3.63, 3.8) is 0 Å². The van der Waals surface area contributed by atoms with Crippen molar-refractivity contribution in [3.05, 3.63) is 56.8 Å². The van der Waals surface area contributed by atoms with E-state index in [1.807, 2.05) is 0 Å². The third-order valence-electron chi connectivity index (χ3n) is 15.3. The molecule has 4 aromatic rings. The minimum atomic E-state index is -4.92. The normalized spacial score (nSPS) is 23.4. The van der Waals surface area contributed by atoms with Crippen LogP contribution in [-0.2, 0) is 75.4 Å². The van der Waals surface area contributed by atoms with Crippen LogP contribution in [0, 0.1) is 12.8 Å². The number of nitrogens with two attached hydrogens (primary N) is 5. The number of aliphatic hydroxyl groups is 8. The van der Waals surface area contributed by atoms with E-state index in [1.54, 1.807) is 10.8 Å². The second-order valence-corrected chi connectivity index (χ2v) is 28.3. The molecule has 46 heteroatoms. The molecule has 8 amide bonds. The minimum Gasteiger partial charge on any atom is -0.726 e. The summed E-state index contributed by atoms with van der Waals surface area (Å²) in [6.07, 6.45) is -20.0. The number of rotatable bonds is 35. The van der Waals surface area contributed by atoms with Crippen LogP contribution < -0.4 is 60.6 Å². The van der Waals surface area contributed by atoms with Gasteiger partial charge in [0.25, 0.3) is 11.8 Å². The number of ether oxygens (including phenoxy) is 5. The number of aromatic nitrogens is 6. The molecule has 0 spiro atoms. The lowest BCUT2D eigenvalue weighted by molar-refractivity contribution is -0.372. The quantitative estimate of drug-likeness (QED) is 0.00880. The van der Waals surface area contributed by atoms with Crippen LogP contribution in [0.2, 0.25) is 0 Å². The summed E-state index contributed by atoms with van der Waals surface area (Å²) in [5, 5.41) is 108. The molecule has 2 fully saturated rings. The third kappa shape index (κ3) is 24.6. The van der Waals surface area contributed by atoms with Gasteiger partial charge in [0, 0.05) is 55.2 Å². The van der Waals surface area contributed by atoms with Gasteiger partial charge in [-0.25, -0.2) is 38.1 Å². The Hall–Kier alpha value is -7.43. The maximum Gasteiger partial charge on any atom is 0.404 e. The fourth-order valence-corrected chi connectivity index (χ4v) is 12.1. The minimum absolute atomic E-state index is 0.00498. The summed E-state index contributed by atoms with van der Waals surface area (Å²) in [5.41, 5.74) is 28.1. The standard InChI is InChI=1S/C55H83N17O21S3.H2O4S/c1-20-33(69-46(72-44(20)58)25(12-31(57)76)64-13-24(56)45(59)82)50(86)71-35(41(26-14-61-19-65-26)91-54-43(39(80)37(78)29(15-73)90-54)92-53-40(81)42(93-55(60)88)38(79)30(16-74)89-53)51(87)66-22(3)36(77)21(2)47(83)70-34(23(4)75)49(85)63-10-8-32-67-28(18-94-32)52-68-27(17-95-52)48(84)62-9-7-11-96(5)6;1-5(2,3)4/h14,17-19,21-25,29-30,34-43,53-54,64,73-75,77-81H,7-13,15-16,56H2,1-6H3,(H13-,57,58,59,60,61,62,63,65,66,69,70,71,72,76,82,83,84,85,86,87,88);(H2,1,2,3,4)/t21-,22+,23-,24-,25+,29-,30-,34-,35+,36-,37+,38-,39-,40+,41?,42+,43-,53-,54-;/m1./s1. The highest BCUT2D eigenvalue weighted by atomic mass is 32.3. The second kappa shape index (κ2) is 38.7. The number of hydrogen-bond acceptors (Lipinski definition) is 34. The van der Waals surface area contributed by atoms with E-state index in [9.17, 15) is 74.4 Å². The number of nitrogens with zero attached hydrogens (tertiary/aromatic N) is 5. The highest BCUT2D eigenvalue weighted by Crippen LogP contribution is 2.35. The van der Waals surface area contributed by atoms with Crippen LogP contribution in [0.25, 0.3) is 10.7 Å². The summed E-state index contributed by atoms with van der Waals surface area (Å²) in [6, 6.07) is -7.85. The number of aromatic amines is 1. The van der Waals surface area contributed by atoms with Crippen LogP contribution in [0.4, 0.5) is 10.6 Å². The summed E-state index contributed by atoms with van der Waals surface area (Å²) in [7, 11) is -4.66. The molecule has 0 bridgehead atoms. The van der Waals surface area contributed by atoms with E-state index in [2.05, 4.69) is 74.3 Å². The Balaban J connectivity index is 0.00000354. The number of thiazole rings is 2. The third-order valence-corrected chi connectivity index (χ3v) is 18.2. The Bertz CT molecular complexity index is 3540. The Labute approximate surface area is 586 Å². The molecule has 0 aromatic carbocycles. The second-order valence-electron chi connectivity index (χ2n) is 23.2. The molecule has 6 heterocycles. The maximum atomic E-state index is 15.2. The number of primary amides is 3. The molecule has 2 aliphatic rings. The van der Waals surface area contributed by atoms with Crippen molar-refractivity contribution in [2.24, 2.45) is 28.9 Å². The molecule has 19 atom stereocenters. The summed E-state index contributed by atoms with van der Waals surface area (Å²) in [6.45, 7) is 3.18. The lowest BCUT2D eigenvalue weighted by atomic mass is 9.96. The van der Waals surface area contributed by atoms with Crippen molar-refractivity contribution >= 4 is 97.2 Å². The zero-order chi connectivity index (χ0) is 75.5. The molecule has 26 N–H and O–H groups in total. The SMILES string of the molecule is Cc1c(N)nc([C@H](CC(N)=O)NC[C@@H](N)C(N)=O)nc1C(=O)N[C@H](C(=O)N[C@@H](C)[C@H](O)[C@@H](C)C(=O)N[C@@H](C(=O)NCCc1nc(-c2nc(C(=O)NCCC[S+](C)C)cs2)cs1)[C@@H](C)O)C(O[C@H]1O[C@H](CO)[C@H](O)[C@@H](O)[C@H]1O[C@H]1O[C@H](CO)[C@@H](O)[C@H](OC(N)=O)[C@@H]1O)c1cnc[nH]1.O=S(=O)([O-])O. The first-order valence-electron chi connectivity index (χ1n) is 30.5. The number of imidazole rings is 1. The van der Waals surface area contributed by atoms with Gasteiger partial charge in [-0.2, -0.15) is 0 Å². The van der Waals surface area contributed by atoms with Crippen molar-refractivity contribution < 1.29 is 120 Å². The smallest absolute Gasteiger partial charge is 0.404 e. The first-order valence-corrected chi connectivity index (χ1v) is 35.9. The molecule has 564 valence electrons. The van der Waals surface area contributed by atoms with Gasteiger partial charge in [0.05, 0.1) is 85.2 Å². The van der Waals surface area contributed by atoms with Crippen LogP contribution in [0.5, 0.6) is 0 Å². The first kappa shape index (κ1) is 84.2. The molecule has 0 saturated carbocycles. The van der Waals surface area contributed by atoms with E-state index in [4.69, 9.17) is 69.9 Å². The van der Waals surface area contributed by atoms with Crippen molar-refractivity contribution in [1.82, 2.24) is 61.8 Å². The zero-order valence-electron chi connectivity index (χ0n) is 55.0. The molecule has 6 rings (SSSR count). The van der Waals surface area contributed by atoms with Gasteiger partial charge >= 0.3 is 6.09 Å². The number of hydrogen-bond donors (Lipinski definition) is 21. The van der Waals surface area contributed by atoms with Crippen LogP contribution in [0.1, 0.15) is 88.8 Å². The molecule has 0 aliphatic carbocycles. The Morgan fingerprint density at radius 3 is 2.05 bits per heavy atom. The average molecular weight is 1510 g/mol. The molecular weight excluding hydrogens is 1430 g/mol. The Morgan fingerprint density at radius 2 is 1.46 bits per heavy atom. The summed E-state index contributed by atoms with van der Waals surface area (Å²) in [4.78, 5) is 131. The number of carbonyl (C=O) groups is 8. The van der Waals surface area contributed by atoms with Crippen LogP contribution in [-0.4, -0.2) is 285 Å². The molecule has 2 saturated heterocycles. The molecule has 0 radical (unpaired) electrons. The molecule has 4 aromatic heterocycles. The predicted octanol–water partition coefficient (Wildman–Crippen LogP) is -8.70. The average Bonchev–Trinajstić information content (AvgIpc) is 1.16. The van der Waals surface area contributed by atoms with Crippen molar-refractivity contribution in [1.29, 1.82) is 0 Å². The molecule has 101 heavy (non-hydrogen) atoms. The number of anilines is 1. The lowest BCUT2D eigenvalue weighted by Gasteiger charge is -2.47. The number of nitrogens with one attached hydrogen (secondary N) is 7. The maximum absolute atomic E-state index is 15.2. The highest BCUT2D eigenvalue weighted by Gasteiger charge is 2.54. The number of nitrogen functional groups attached to an aromatic ring is 1. The molecule has 1 unspecified atom stereocenters. The fourth-order valence-electron chi connectivity index (χ4n) is 9.80. The monoisotopic (exact) mass is 1510 g/mol. The van der Waals surface area contributed by atoms with Crippen LogP contribution >= 0.6 is 22.7 Å². The summed E-state index contributed by atoms with van der Waals surface area (Å²) < 4.78 is 61.6. The lowest BCUT2D eigenvalue weighted by Crippen LogP contribution is -2.65. The summed E-state index contributed by atoms with van der Waals surface area (Å²) >= 11 is 2.52. The van der Waals surface area contributed by atoms with Crippen molar-refractivity contribution in [2.75, 3.05) is 56.8 Å². The van der Waals surface area contributed by atoms with E-state index in [0.29, 0.717) is 22.3 Å². The van der Waals surface area contributed by atoms with E-state index < -0.39 is 193 Å². The predicted molar refractivity (Wildman–Crippen MR) is 351 cm³/mol. The molecular formula is C55H85N17O25S4. The summed E-state index contributed by atoms with van der Waals surface area (Å²) in [5.74, 6) is -7.69. The van der Waals surface area contributed by atoms with Gasteiger partial charge in [-0.1, -0.05) is 6.92 Å². The van der Waals surface area contributed by atoms with E-state index in [1.165, 1.54) is 50.4 Å². The number of carbonyl (C=O) groups excluding carboxylic acids is 8. The van der Waals surface area contributed by atoms with Gasteiger partial charge in [-0.3, -0.25) is 38.1 Å². The topological polar surface area (TPSA) is 705 Å². The van der Waals surface area contributed by atoms with Gasteiger partial charge in [0.1, 0.15) is 100 Å². The van der Waals surface area contributed by atoms with Gasteiger partial charge < -0.3 is 135 Å². The number of aliphatic hydroxyl groups excluding tert-OH is 8. The Morgan fingerprint density at radius 1 is 0.802 bits per heavy atom. The van der Waals surface area contributed by atoms with E-state index >= 15 is 4.79 Å². The zero-order valence-corrected chi connectivity index (χ0v) is 58.2. The Kier molecular flexibility index (Phi) is 32.3. The number of amides is 8. The van der Waals surface area contributed by atoms with Crippen molar-refractivity contribution in [3.8, 4) is 10.7 Å². The van der Waals surface area contributed by atoms with Gasteiger partial charge in [-0.15, -0.1) is 22.7 Å². The fraction of sp³-hybridized carbons (Fsp3) is 0.618. The first-order chi connectivity index (χ1) is 47.3. The molecule has 2 aliphatic heterocycles. The van der Waals surface area contributed by atoms with Crippen LogP contribution in [0.3, 0.4) is 0 Å². The van der Waals surface area contributed by atoms with Gasteiger partial charge in [0.15, 0.2) is 18.7 Å². The van der Waals surface area contributed by atoms with E-state index in [-0.39, 0.29) is 64.9 Å². The number of H-pyrrole nitrogens is 1. The van der Waals surface area contributed by atoms with Gasteiger partial charge in [0.2, 0.25) is 39.9 Å². The molecule has 42 nitrogen and oxygen atoms in total. The van der Waals surface area contributed by atoms with Crippen molar-refractivity contribution in [2.45, 2.75) is 157 Å². The largest absolute Gasteiger partial charge is 0.726 e. The van der Waals surface area contributed by atoms with E-state index in [0.717, 1.165) is 24.7 Å². The van der Waals surface area contributed by atoms with Gasteiger partial charge in [-0.05, 0) is 31.7 Å². The highest BCUT2D eigenvalue weighted by molar-refractivity contribution is 7.95.